The van der Waals surface area contributed by atoms with Crippen LogP contribution in [0.2, 0.25) is 0 Å². The lowest BCUT2D eigenvalue weighted by molar-refractivity contribution is 0.0917. The Morgan fingerprint density at radius 3 is 2.77 bits per heavy atom. The normalized spacial score (nSPS) is 18.3. The Hall–Kier alpha value is -2.89. The molecule has 4 rings (SSSR count). The summed E-state index contributed by atoms with van der Waals surface area (Å²) in [6.45, 7) is 6.37. The van der Waals surface area contributed by atoms with Gasteiger partial charge < -0.3 is 9.73 Å². The largest absolute Gasteiger partial charge is 0.466 e. The monoisotopic (exact) mass is 350 g/mol. The molecule has 6 heteroatoms. The van der Waals surface area contributed by atoms with Gasteiger partial charge in [0, 0.05) is 17.5 Å². The summed E-state index contributed by atoms with van der Waals surface area (Å²) >= 11 is 0. The number of benzene rings is 1. The summed E-state index contributed by atoms with van der Waals surface area (Å²) in [5, 5.41) is 7.27. The van der Waals surface area contributed by atoms with Crippen LogP contribution in [0.3, 0.4) is 0 Å². The standard InChI is InChI=1S/C20H22N4O2/c1-13-8-16-17(9-20(2,3)10-18(16)26-13)23-19(25)14-4-6-15(7-5-14)24-12-21-11-22-24/h4-8,11-12,17H,9-10H2,1-3H3,(H,23,25). The van der Waals surface area contributed by atoms with Crippen molar-refractivity contribution in [2.75, 3.05) is 0 Å². The number of carbonyl (C=O) groups is 1. The van der Waals surface area contributed by atoms with Gasteiger partial charge in [-0.25, -0.2) is 9.67 Å². The Labute approximate surface area is 152 Å². The van der Waals surface area contributed by atoms with Crippen LogP contribution < -0.4 is 5.32 Å². The first-order valence-corrected chi connectivity index (χ1v) is 8.76. The fraction of sp³-hybridized carbons (Fsp3) is 0.350. The summed E-state index contributed by atoms with van der Waals surface area (Å²) in [5.74, 6) is 1.80. The third-order valence-electron chi connectivity index (χ3n) is 4.85. The van der Waals surface area contributed by atoms with Gasteiger partial charge in [0.15, 0.2) is 0 Å². The van der Waals surface area contributed by atoms with Crippen molar-refractivity contribution < 1.29 is 9.21 Å². The molecule has 1 aliphatic rings. The van der Waals surface area contributed by atoms with E-state index in [0.717, 1.165) is 35.6 Å². The Balaban J connectivity index is 1.54. The summed E-state index contributed by atoms with van der Waals surface area (Å²) < 4.78 is 7.51. The third-order valence-corrected chi connectivity index (χ3v) is 4.85. The van der Waals surface area contributed by atoms with Crippen LogP contribution in [0.1, 0.15) is 53.8 Å². The Morgan fingerprint density at radius 1 is 1.31 bits per heavy atom. The minimum Gasteiger partial charge on any atom is -0.466 e. The van der Waals surface area contributed by atoms with Crippen LogP contribution in [-0.2, 0) is 6.42 Å². The number of hydrogen-bond acceptors (Lipinski definition) is 4. The van der Waals surface area contributed by atoms with Crippen LogP contribution in [-0.4, -0.2) is 20.7 Å². The number of aryl methyl sites for hydroxylation is 1. The molecule has 0 saturated carbocycles. The van der Waals surface area contributed by atoms with Gasteiger partial charge in [0.2, 0.25) is 0 Å². The van der Waals surface area contributed by atoms with Gasteiger partial charge in [-0.15, -0.1) is 0 Å². The van der Waals surface area contributed by atoms with Crippen molar-refractivity contribution in [1.29, 1.82) is 0 Å². The zero-order valence-electron chi connectivity index (χ0n) is 15.2. The zero-order chi connectivity index (χ0) is 18.3. The number of carbonyl (C=O) groups excluding carboxylic acids is 1. The average Bonchev–Trinajstić information content (AvgIpc) is 3.23. The topological polar surface area (TPSA) is 73.0 Å². The number of fused-ring (bicyclic) bond motifs is 1. The highest BCUT2D eigenvalue weighted by Gasteiger charge is 2.35. The molecule has 1 N–H and O–H groups in total. The highest BCUT2D eigenvalue weighted by Crippen LogP contribution is 2.42. The molecule has 1 aliphatic carbocycles. The van der Waals surface area contributed by atoms with Crippen molar-refractivity contribution in [1.82, 2.24) is 20.1 Å². The molecule has 2 aromatic heterocycles. The lowest BCUT2D eigenvalue weighted by atomic mass is 9.74. The summed E-state index contributed by atoms with van der Waals surface area (Å²) in [4.78, 5) is 16.7. The number of aromatic nitrogens is 3. The average molecular weight is 350 g/mol. The first kappa shape index (κ1) is 16.6. The van der Waals surface area contributed by atoms with Crippen LogP contribution >= 0.6 is 0 Å². The maximum atomic E-state index is 12.8. The third kappa shape index (κ3) is 3.14. The summed E-state index contributed by atoms with van der Waals surface area (Å²) in [6, 6.07) is 9.35. The van der Waals surface area contributed by atoms with Crippen molar-refractivity contribution in [3.63, 3.8) is 0 Å². The minimum absolute atomic E-state index is 0.0336. The zero-order valence-corrected chi connectivity index (χ0v) is 15.2. The van der Waals surface area contributed by atoms with Crippen molar-refractivity contribution in [3.8, 4) is 5.69 Å². The molecule has 6 nitrogen and oxygen atoms in total. The number of amides is 1. The lowest BCUT2D eigenvalue weighted by Crippen LogP contribution is -2.36. The van der Waals surface area contributed by atoms with E-state index in [1.807, 2.05) is 37.3 Å². The summed E-state index contributed by atoms with van der Waals surface area (Å²) in [7, 11) is 0. The molecule has 2 heterocycles. The van der Waals surface area contributed by atoms with E-state index in [1.165, 1.54) is 6.33 Å². The van der Waals surface area contributed by atoms with Crippen molar-refractivity contribution >= 4 is 5.91 Å². The number of rotatable bonds is 3. The summed E-state index contributed by atoms with van der Waals surface area (Å²) in [5.41, 5.74) is 2.69. The van der Waals surface area contributed by atoms with Gasteiger partial charge in [0.1, 0.15) is 24.2 Å². The molecule has 134 valence electrons. The number of nitrogens with one attached hydrogen (secondary N) is 1. The van der Waals surface area contributed by atoms with Gasteiger partial charge in [-0.2, -0.15) is 5.10 Å². The summed E-state index contributed by atoms with van der Waals surface area (Å²) in [6.07, 6.45) is 4.90. The predicted octanol–water partition coefficient (Wildman–Crippen LogP) is 3.61. The van der Waals surface area contributed by atoms with E-state index in [4.69, 9.17) is 4.42 Å². The smallest absolute Gasteiger partial charge is 0.251 e. The number of hydrogen-bond donors (Lipinski definition) is 1. The SMILES string of the molecule is Cc1cc2c(o1)CC(C)(C)CC2NC(=O)c1ccc(-n2cncn2)cc1. The number of furan rings is 1. The quantitative estimate of drug-likeness (QED) is 0.783. The molecule has 0 aliphatic heterocycles. The highest BCUT2D eigenvalue weighted by molar-refractivity contribution is 5.94. The van der Waals surface area contributed by atoms with Gasteiger partial charge in [0.25, 0.3) is 5.91 Å². The molecule has 0 radical (unpaired) electrons. The van der Waals surface area contributed by atoms with Crippen molar-refractivity contribution in [3.05, 3.63) is 65.6 Å². The molecule has 0 fully saturated rings. The molecule has 1 amide bonds. The van der Waals surface area contributed by atoms with E-state index in [-0.39, 0.29) is 17.4 Å². The van der Waals surface area contributed by atoms with Gasteiger partial charge in [-0.05, 0) is 49.1 Å². The maximum absolute atomic E-state index is 12.8. The van der Waals surface area contributed by atoms with Crippen LogP contribution in [0.25, 0.3) is 5.69 Å². The van der Waals surface area contributed by atoms with E-state index in [0.29, 0.717) is 5.56 Å². The Bertz CT molecular complexity index is 923. The predicted molar refractivity (Wildman–Crippen MR) is 97.1 cm³/mol. The second-order valence-corrected chi connectivity index (χ2v) is 7.69. The molecule has 0 bridgehead atoms. The molecule has 3 aromatic rings. The van der Waals surface area contributed by atoms with Gasteiger partial charge >= 0.3 is 0 Å². The molecule has 0 saturated heterocycles. The second kappa shape index (κ2) is 6.12. The maximum Gasteiger partial charge on any atom is 0.251 e. The fourth-order valence-electron chi connectivity index (χ4n) is 3.66. The Kier molecular flexibility index (Phi) is 3.90. The van der Waals surface area contributed by atoms with E-state index >= 15 is 0 Å². The first-order valence-electron chi connectivity index (χ1n) is 8.76. The molecule has 0 spiro atoms. The molecule has 1 atom stereocenters. The first-order chi connectivity index (χ1) is 12.4. The van der Waals surface area contributed by atoms with E-state index in [2.05, 4.69) is 29.2 Å². The molecular weight excluding hydrogens is 328 g/mol. The molecule has 26 heavy (non-hydrogen) atoms. The van der Waals surface area contributed by atoms with Crippen LogP contribution in [0, 0.1) is 12.3 Å². The highest BCUT2D eigenvalue weighted by atomic mass is 16.3. The van der Waals surface area contributed by atoms with Gasteiger partial charge in [0.05, 0.1) is 11.7 Å². The molecular formula is C20H22N4O2. The van der Waals surface area contributed by atoms with Crippen molar-refractivity contribution in [2.45, 2.75) is 39.7 Å². The van der Waals surface area contributed by atoms with Crippen LogP contribution in [0.4, 0.5) is 0 Å². The number of nitrogens with zero attached hydrogens (tertiary/aromatic N) is 3. The molecule has 1 unspecified atom stereocenters. The van der Waals surface area contributed by atoms with Gasteiger partial charge in [-0.3, -0.25) is 4.79 Å². The van der Waals surface area contributed by atoms with Crippen LogP contribution in [0.5, 0.6) is 0 Å². The van der Waals surface area contributed by atoms with Crippen molar-refractivity contribution in [2.24, 2.45) is 5.41 Å². The fourth-order valence-corrected chi connectivity index (χ4v) is 3.66. The Morgan fingerprint density at radius 2 is 2.08 bits per heavy atom. The van der Waals surface area contributed by atoms with E-state index in [1.54, 1.807) is 11.0 Å². The van der Waals surface area contributed by atoms with Crippen LogP contribution in [0.15, 0.2) is 47.4 Å². The van der Waals surface area contributed by atoms with E-state index < -0.39 is 0 Å². The second-order valence-electron chi connectivity index (χ2n) is 7.69. The van der Waals surface area contributed by atoms with E-state index in [9.17, 15) is 4.79 Å². The lowest BCUT2D eigenvalue weighted by Gasteiger charge is -2.34. The van der Waals surface area contributed by atoms with Gasteiger partial charge in [-0.1, -0.05) is 13.8 Å². The molecule has 1 aromatic carbocycles. The minimum atomic E-state index is -0.0809.